The van der Waals surface area contributed by atoms with Gasteiger partial charge in [0.2, 0.25) is 9.84 Å². The number of nitrogens with zero attached hydrogens (tertiary/aromatic N) is 4. The quantitative estimate of drug-likeness (QED) is 0.0118. The first-order valence-corrected chi connectivity index (χ1v) is 39.0. The van der Waals surface area contributed by atoms with Gasteiger partial charge in [0.15, 0.2) is 8.32 Å². The lowest BCUT2D eigenvalue weighted by molar-refractivity contribution is -0.158. The van der Waals surface area contributed by atoms with Crippen LogP contribution < -0.4 is 0 Å². The van der Waals surface area contributed by atoms with Crippen molar-refractivity contribution in [1.82, 2.24) is 20.2 Å². The summed E-state index contributed by atoms with van der Waals surface area (Å²) in [6.07, 6.45) is 14.8. The van der Waals surface area contributed by atoms with E-state index in [1.54, 1.807) is 71.4 Å². The molecule has 2 unspecified atom stereocenters. The standard InChI is InChI=1S/C32H46O7.C25H42O7Si.C20H24N4O3S.H2/c1-22(13-15-26-11-8-12-27(19-26)21-37-6)9-7-10-23(2)31-24(3)14-16-29(38-25(4)33)32(5,36)18-17-28(34)20-30(35)39-31;1-17-10-11-21(30-19(3)27)25(7,29)14-12-20(32-33(8,9)24(4,5)6)16-22(28)31-23(17)18(2)13-15-26;1-16(11-12-17-7-6-8-18(13-17)14-27-2)15-28(25,26)20-21-22-23-24(20)19-9-4-3-5-10-19;/h7-12,14,16,19,22,24,28-29,31,34,36H,13,15,17-18,20-21H2,1-6H3;10-11,13,15,17,20-21,23,29H,12,14,16H2,1-9H3;3-10,13,16H,11-12,14-15H2,1-2H3;1H/b9-7+,16-14+,23-10+;11-10+,18-13+;;/t22?,24-,28+,29-,31+,32+;17-,20+,21-,23-,25+;;/m00../s1/i;;;1+1. The number of tetrazole rings is 1. The molecule has 0 bridgehead atoms. The monoisotopic (exact) mass is 1430 g/mol. The molecule has 0 radical (unpaired) electrons. The van der Waals surface area contributed by atoms with Crippen molar-refractivity contribution in [3.8, 4) is 5.69 Å². The Morgan fingerprint density at radius 1 is 0.730 bits per heavy atom. The van der Waals surface area contributed by atoms with Crippen LogP contribution in [0.15, 0.2) is 144 Å². The molecule has 0 saturated carbocycles. The molecular weight excluding hydrogens is 1310 g/mol. The number of rotatable bonds is 23. The third kappa shape index (κ3) is 29.1. The van der Waals surface area contributed by atoms with E-state index in [9.17, 15) is 47.7 Å². The number of benzene rings is 3. The van der Waals surface area contributed by atoms with Gasteiger partial charge in [-0.15, -0.1) is 0 Å². The number of carbonyl (C=O) groups is 5. The second-order valence-electron chi connectivity index (χ2n) is 28.7. The summed E-state index contributed by atoms with van der Waals surface area (Å²) in [4.78, 5) is 60.0. The Bertz CT molecular complexity index is 3530. The molecule has 0 saturated heterocycles. The Kier molecular flexibility index (Phi) is 34.6. The van der Waals surface area contributed by atoms with Crippen molar-refractivity contribution in [3.63, 3.8) is 0 Å². The molecule has 6 rings (SSSR count). The number of cyclic esters (lactones) is 2. The molecular formula is C77H114N4O17SSi. The van der Waals surface area contributed by atoms with Crippen LogP contribution in [-0.4, -0.2) is 150 Å². The first-order chi connectivity index (χ1) is 46.9. The van der Waals surface area contributed by atoms with Gasteiger partial charge < -0.3 is 48.2 Å². The Morgan fingerprint density at radius 3 is 1.72 bits per heavy atom. The zero-order valence-corrected chi connectivity index (χ0v) is 63.7. The van der Waals surface area contributed by atoms with Crippen molar-refractivity contribution >= 4 is 48.3 Å². The summed E-state index contributed by atoms with van der Waals surface area (Å²) in [6, 6.07) is 25.6. The molecule has 3 N–H and O–H groups in total. The van der Waals surface area contributed by atoms with Gasteiger partial charge in [0.1, 0.15) is 41.9 Å². The smallest absolute Gasteiger partial charge is 0.309 e. The summed E-state index contributed by atoms with van der Waals surface area (Å²) in [6.45, 7) is 29.0. The number of esters is 4. The van der Waals surface area contributed by atoms with E-state index in [2.05, 4.69) is 98.8 Å². The number of aryl methyl sites for hydroxylation is 2. The van der Waals surface area contributed by atoms with E-state index in [4.69, 9.17) is 32.8 Å². The Hall–Kier alpha value is -7.09. The average molecular weight is 1430 g/mol. The highest BCUT2D eigenvalue weighted by molar-refractivity contribution is 7.91. The summed E-state index contributed by atoms with van der Waals surface area (Å²) in [7, 11) is -2.46. The zero-order valence-electron chi connectivity index (χ0n) is 61.9. The third-order valence-electron chi connectivity index (χ3n) is 18.2. The number of aldehydes is 1. The van der Waals surface area contributed by atoms with Gasteiger partial charge >= 0.3 is 23.9 Å². The second-order valence-corrected chi connectivity index (χ2v) is 35.4. The molecule has 0 spiro atoms. The van der Waals surface area contributed by atoms with Crippen LogP contribution in [0.4, 0.5) is 0 Å². The van der Waals surface area contributed by atoms with Gasteiger partial charge in [-0.25, -0.2) is 8.42 Å². The summed E-state index contributed by atoms with van der Waals surface area (Å²) in [5.74, 6) is -2.19. The predicted octanol–water partition coefficient (Wildman–Crippen LogP) is 12.8. The second kappa shape index (κ2) is 40.5. The largest absolute Gasteiger partial charge is 0.457 e. The Labute approximate surface area is 596 Å². The van der Waals surface area contributed by atoms with Crippen LogP contribution in [0, 0.1) is 23.7 Å². The predicted molar refractivity (Wildman–Crippen MR) is 390 cm³/mol. The maximum atomic E-state index is 12.9. The topological polar surface area (TPSA) is 288 Å². The molecule has 2 aliphatic rings. The van der Waals surface area contributed by atoms with Crippen molar-refractivity contribution in [1.29, 1.82) is 0 Å². The maximum Gasteiger partial charge on any atom is 0.309 e. The summed E-state index contributed by atoms with van der Waals surface area (Å²) in [5.41, 5.74) is 4.06. The molecule has 554 valence electrons. The highest BCUT2D eigenvalue weighted by Gasteiger charge is 2.42. The van der Waals surface area contributed by atoms with Crippen molar-refractivity contribution in [3.05, 3.63) is 161 Å². The minimum Gasteiger partial charge on any atom is -0.457 e. The maximum absolute atomic E-state index is 12.9. The fraction of sp³-hybridized carbons (Fsp3) is 0.558. The van der Waals surface area contributed by atoms with Gasteiger partial charge in [0.25, 0.3) is 5.16 Å². The Balaban J connectivity index is 0.000000397. The average Bonchev–Trinajstić information content (AvgIpc) is 1.71. The summed E-state index contributed by atoms with van der Waals surface area (Å²) < 4.78 is 66.3. The van der Waals surface area contributed by atoms with E-state index in [1.807, 2.05) is 70.2 Å². The van der Waals surface area contributed by atoms with Crippen LogP contribution in [0.2, 0.25) is 18.1 Å². The van der Waals surface area contributed by atoms with Crippen LogP contribution in [0.25, 0.3) is 5.69 Å². The third-order valence-corrected chi connectivity index (χ3v) is 24.5. The fourth-order valence-electron chi connectivity index (χ4n) is 11.3. The SMILES string of the molecule is CC(=O)O[C@H]1/C=C/[C@H](C)[C@@H](/C(C)=C/C=O)OC(=O)C[C@H](O[Si](C)(C)C(C)(C)C)CC[C@@]1(C)O.COCc1cccc(CCC(C)/C=C/C=C(\C)[C@H]2OC(=O)C[C@H](O)CC[C@@](C)(O)[C@@H](OC(C)=O)/C=C/[C@@H]2C)c1.COCc1cccc(CCC(C)CS(=O)(=O)c2nnnn2-c2ccccc2)c1.[2HH]. The molecule has 0 fully saturated rings. The van der Waals surface area contributed by atoms with Gasteiger partial charge in [-0.3, -0.25) is 24.0 Å². The molecule has 1 aromatic heterocycles. The van der Waals surface area contributed by atoms with Crippen LogP contribution in [0.1, 0.15) is 165 Å². The lowest BCUT2D eigenvalue weighted by Crippen LogP contribution is -2.46. The number of para-hydroxylation sites is 1. The zero-order chi connectivity index (χ0) is 74.6. The molecule has 3 aromatic carbocycles. The fourth-order valence-corrected chi connectivity index (χ4v) is 14.3. The van der Waals surface area contributed by atoms with Gasteiger partial charge in [0, 0.05) is 41.3 Å². The van der Waals surface area contributed by atoms with Crippen LogP contribution in [-0.2, 0) is 92.7 Å². The molecule has 2 aliphatic heterocycles. The van der Waals surface area contributed by atoms with Gasteiger partial charge in [-0.2, -0.15) is 4.68 Å². The van der Waals surface area contributed by atoms with Gasteiger partial charge in [-0.1, -0.05) is 151 Å². The summed E-state index contributed by atoms with van der Waals surface area (Å²) in [5, 5.41) is 43.5. The van der Waals surface area contributed by atoms with E-state index in [1.165, 1.54) is 41.3 Å². The molecule has 23 heteroatoms. The lowest BCUT2D eigenvalue weighted by atomic mass is 9.88. The van der Waals surface area contributed by atoms with Gasteiger partial charge in [-0.05, 0) is 183 Å². The van der Waals surface area contributed by atoms with Gasteiger partial charge in [0.05, 0.1) is 49.7 Å². The molecule has 4 aromatic rings. The van der Waals surface area contributed by atoms with Crippen LogP contribution in [0.5, 0.6) is 0 Å². The number of aromatic nitrogens is 4. The van der Waals surface area contributed by atoms with E-state index in [-0.39, 0.29) is 67.2 Å². The van der Waals surface area contributed by atoms with Crippen molar-refractivity contribution in [2.24, 2.45) is 23.7 Å². The summed E-state index contributed by atoms with van der Waals surface area (Å²) >= 11 is 0. The molecule has 3 heterocycles. The Morgan fingerprint density at radius 2 is 1.22 bits per heavy atom. The number of aliphatic hydroxyl groups is 3. The first-order valence-electron chi connectivity index (χ1n) is 34.5. The number of ether oxygens (including phenoxy) is 6. The highest BCUT2D eigenvalue weighted by Crippen LogP contribution is 2.39. The molecule has 12 atom stereocenters. The number of carbonyl (C=O) groups excluding carboxylic acids is 5. The number of hydrogen-bond donors (Lipinski definition) is 3. The molecule has 100 heavy (non-hydrogen) atoms. The van der Waals surface area contributed by atoms with Crippen molar-refractivity contribution in [2.75, 3.05) is 20.0 Å². The highest BCUT2D eigenvalue weighted by atomic mass is 32.2. The lowest BCUT2D eigenvalue weighted by Gasteiger charge is -2.40. The number of allylic oxidation sites excluding steroid dienone is 4. The van der Waals surface area contributed by atoms with E-state index >= 15 is 0 Å². The van der Waals surface area contributed by atoms with Crippen LogP contribution >= 0.6 is 0 Å². The molecule has 0 amide bonds. The first kappa shape index (κ1) is 85.3. The number of methoxy groups -OCH3 is 2. The minimum absolute atomic E-state index is 0. The van der Waals surface area contributed by atoms with Crippen molar-refractivity contribution in [2.45, 2.75) is 239 Å². The number of aliphatic hydroxyl groups excluding tert-OH is 1. The van der Waals surface area contributed by atoms with E-state index in [0.717, 1.165) is 36.8 Å². The van der Waals surface area contributed by atoms with E-state index < -0.39 is 89.9 Å². The molecule has 0 aliphatic carbocycles. The minimum atomic E-state index is -3.61. The number of sulfone groups is 1. The van der Waals surface area contributed by atoms with E-state index in [0.29, 0.717) is 43.1 Å². The number of hydrogen-bond acceptors (Lipinski definition) is 20. The van der Waals surface area contributed by atoms with Crippen molar-refractivity contribution < 1.29 is 82.0 Å². The normalized spacial score (nSPS) is 25.2. The van der Waals surface area contributed by atoms with Crippen LogP contribution in [0.3, 0.4) is 0 Å². The molecule has 21 nitrogen and oxygen atoms in total.